The van der Waals surface area contributed by atoms with E-state index >= 15 is 0 Å². The van der Waals surface area contributed by atoms with Crippen molar-refractivity contribution in [3.8, 4) is 0 Å². The first-order chi connectivity index (χ1) is 9.74. The van der Waals surface area contributed by atoms with Gasteiger partial charge < -0.3 is 9.64 Å². The fourth-order valence-corrected chi connectivity index (χ4v) is 2.31. The van der Waals surface area contributed by atoms with E-state index in [1.807, 2.05) is 16.8 Å². The molecule has 0 aliphatic carbocycles. The molecular formula is C14H20ClN5O. The summed E-state index contributed by atoms with van der Waals surface area (Å²) >= 11 is 0. The third kappa shape index (κ3) is 3.46. The summed E-state index contributed by atoms with van der Waals surface area (Å²) in [6, 6.07) is 8.08. The lowest BCUT2D eigenvalue weighted by atomic mass is 10.4. The average molecular weight is 310 g/mol. The normalized spacial score (nSPS) is 14.7. The average Bonchev–Trinajstić information content (AvgIpc) is 2.81. The number of ether oxygens (including phenoxy) is 1. The number of rotatable bonds is 3. The first-order valence-corrected chi connectivity index (χ1v) is 6.82. The number of aromatic nitrogens is 3. The molecule has 3 heterocycles. The molecule has 1 aliphatic rings. The molecule has 0 radical (unpaired) electrons. The zero-order valence-corrected chi connectivity index (χ0v) is 13.1. The van der Waals surface area contributed by atoms with Gasteiger partial charge in [0.05, 0.1) is 13.2 Å². The predicted molar refractivity (Wildman–Crippen MR) is 85.2 cm³/mol. The maximum Gasteiger partial charge on any atom is 0.167 e. The van der Waals surface area contributed by atoms with E-state index in [0.29, 0.717) is 0 Å². The van der Waals surface area contributed by atoms with E-state index in [9.17, 15) is 0 Å². The highest BCUT2D eigenvalue weighted by molar-refractivity contribution is 5.85. The molecule has 0 unspecified atom stereocenters. The molecule has 0 atom stereocenters. The van der Waals surface area contributed by atoms with Gasteiger partial charge in [0, 0.05) is 24.5 Å². The number of morpholine rings is 1. The molecule has 1 fully saturated rings. The Morgan fingerprint density at radius 3 is 2.24 bits per heavy atom. The summed E-state index contributed by atoms with van der Waals surface area (Å²) in [5.74, 6) is 1.64. The maximum absolute atomic E-state index is 5.34. The van der Waals surface area contributed by atoms with Crippen LogP contribution in [0.1, 0.15) is 11.4 Å². The van der Waals surface area contributed by atoms with Crippen molar-refractivity contribution in [3.63, 3.8) is 0 Å². The van der Waals surface area contributed by atoms with E-state index in [-0.39, 0.29) is 12.4 Å². The molecule has 1 saturated heterocycles. The van der Waals surface area contributed by atoms with Crippen molar-refractivity contribution in [2.24, 2.45) is 0 Å². The van der Waals surface area contributed by atoms with E-state index in [2.05, 4.69) is 46.5 Å². The minimum absolute atomic E-state index is 0. The van der Waals surface area contributed by atoms with Crippen molar-refractivity contribution in [1.29, 1.82) is 0 Å². The lowest BCUT2D eigenvalue weighted by Gasteiger charge is -2.27. The molecule has 1 aliphatic heterocycles. The second kappa shape index (κ2) is 6.78. The van der Waals surface area contributed by atoms with Gasteiger partial charge in [-0.15, -0.1) is 22.6 Å². The van der Waals surface area contributed by atoms with Crippen LogP contribution in [0.5, 0.6) is 0 Å². The predicted octanol–water partition coefficient (Wildman–Crippen LogP) is 2.03. The summed E-state index contributed by atoms with van der Waals surface area (Å²) in [7, 11) is 0. The summed E-state index contributed by atoms with van der Waals surface area (Å²) in [6.07, 6.45) is 0. The summed E-state index contributed by atoms with van der Waals surface area (Å²) in [5.41, 5.74) is 5.53. The van der Waals surface area contributed by atoms with Gasteiger partial charge in [0.15, 0.2) is 11.6 Å². The first-order valence-electron chi connectivity index (χ1n) is 6.82. The van der Waals surface area contributed by atoms with Crippen LogP contribution in [0.3, 0.4) is 0 Å². The van der Waals surface area contributed by atoms with Crippen molar-refractivity contribution in [2.75, 3.05) is 36.6 Å². The Kier molecular flexibility index (Phi) is 5.03. The molecule has 114 valence electrons. The quantitative estimate of drug-likeness (QED) is 0.940. The van der Waals surface area contributed by atoms with Crippen molar-refractivity contribution in [1.82, 2.24) is 14.9 Å². The maximum atomic E-state index is 5.34. The Morgan fingerprint density at radius 1 is 1.00 bits per heavy atom. The van der Waals surface area contributed by atoms with E-state index in [4.69, 9.17) is 4.74 Å². The number of nitrogens with one attached hydrogen (secondary N) is 1. The van der Waals surface area contributed by atoms with Gasteiger partial charge >= 0.3 is 0 Å². The number of hydrogen-bond acceptors (Lipinski definition) is 5. The molecular weight excluding hydrogens is 290 g/mol. The van der Waals surface area contributed by atoms with Crippen LogP contribution in [0.25, 0.3) is 0 Å². The summed E-state index contributed by atoms with van der Waals surface area (Å²) in [6.45, 7) is 7.35. The van der Waals surface area contributed by atoms with Gasteiger partial charge in [0.1, 0.15) is 0 Å². The molecule has 0 bridgehead atoms. The molecule has 0 amide bonds. The molecule has 2 aromatic heterocycles. The Bertz CT molecular complexity index is 558. The van der Waals surface area contributed by atoms with Gasteiger partial charge in [-0.3, -0.25) is 10.1 Å². The molecule has 2 aromatic rings. The highest BCUT2D eigenvalue weighted by atomic mass is 35.5. The van der Waals surface area contributed by atoms with Crippen LogP contribution >= 0.6 is 12.4 Å². The van der Waals surface area contributed by atoms with Crippen LogP contribution in [-0.2, 0) is 4.74 Å². The van der Waals surface area contributed by atoms with Gasteiger partial charge in [-0.2, -0.15) is 0 Å². The van der Waals surface area contributed by atoms with Crippen LogP contribution in [0.2, 0.25) is 0 Å². The zero-order chi connectivity index (χ0) is 13.9. The summed E-state index contributed by atoms with van der Waals surface area (Å²) < 4.78 is 7.33. The standard InChI is InChI=1S/C14H19N5O.ClH/c1-11-3-4-12(2)19(11)17-13-5-6-14(16-15-13)18-7-9-20-10-8-18;/h3-6H,7-10H2,1-2H3,(H,15,17);1H. The summed E-state index contributed by atoms with van der Waals surface area (Å²) in [4.78, 5) is 2.19. The van der Waals surface area contributed by atoms with Gasteiger partial charge in [-0.05, 0) is 38.1 Å². The molecule has 7 heteroatoms. The van der Waals surface area contributed by atoms with Gasteiger partial charge in [-0.1, -0.05) is 0 Å². The number of aryl methyl sites for hydroxylation is 2. The first kappa shape index (κ1) is 15.6. The number of anilines is 2. The Balaban J connectivity index is 0.00000161. The monoisotopic (exact) mass is 309 g/mol. The Hall–Kier alpha value is -1.79. The van der Waals surface area contributed by atoms with Crippen molar-refractivity contribution < 1.29 is 4.74 Å². The fourth-order valence-electron chi connectivity index (χ4n) is 2.31. The van der Waals surface area contributed by atoms with E-state index in [1.54, 1.807) is 0 Å². The minimum Gasteiger partial charge on any atom is -0.378 e. The van der Waals surface area contributed by atoms with E-state index < -0.39 is 0 Å². The van der Waals surface area contributed by atoms with Crippen LogP contribution in [0, 0.1) is 13.8 Å². The molecule has 21 heavy (non-hydrogen) atoms. The van der Waals surface area contributed by atoms with Crippen LogP contribution in [-0.4, -0.2) is 41.2 Å². The SMILES string of the molecule is Cc1ccc(C)n1Nc1ccc(N2CCOCC2)nn1.Cl. The molecule has 0 saturated carbocycles. The smallest absolute Gasteiger partial charge is 0.167 e. The van der Waals surface area contributed by atoms with Crippen LogP contribution in [0.15, 0.2) is 24.3 Å². The largest absolute Gasteiger partial charge is 0.378 e. The third-order valence-corrected chi connectivity index (χ3v) is 3.48. The molecule has 3 rings (SSSR count). The Labute approximate surface area is 130 Å². The van der Waals surface area contributed by atoms with Gasteiger partial charge in [0.25, 0.3) is 0 Å². The van der Waals surface area contributed by atoms with Crippen LogP contribution in [0.4, 0.5) is 11.6 Å². The van der Waals surface area contributed by atoms with Crippen molar-refractivity contribution >= 4 is 24.0 Å². The highest BCUT2D eigenvalue weighted by Crippen LogP contribution is 2.14. The number of halogens is 1. The lowest BCUT2D eigenvalue weighted by Crippen LogP contribution is -2.36. The third-order valence-electron chi connectivity index (χ3n) is 3.48. The molecule has 6 nitrogen and oxygen atoms in total. The second-order valence-electron chi connectivity index (χ2n) is 4.94. The van der Waals surface area contributed by atoms with Crippen molar-refractivity contribution in [2.45, 2.75) is 13.8 Å². The second-order valence-corrected chi connectivity index (χ2v) is 4.94. The molecule has 0 spiro atoms. The topological polar surface area (TPSA) is 55.2 Å². The zero-order valence-electron chi connectivity index (χ0n) is 12.2. The van der Waals surface area contributed by atoms with Crippen LogP contribution < -0.4 is 10.3 Å². The minimum atomic E-state index is 0. The summed E-state index contributed by atoms with van der Waals surface area (Å²) in [5, 5.41) is 8.53. The number of nitrogens with zero attached hydrogens (tertiary/aromatic N) is 4. The van der Waals surface area contributed by atoms with Gasteiger partial charge in [-0.25, -0.2) is 0 Å². The molecule has 1 N–H and O–H groups in total. The molecule has 0 aromatic carbocycles. The van der Waals surface area contributed by atoms with E-state index in [1.165, 1.54) is 0 Å². The highest BCUT2D eigenvalue weighted by Gasteiger charge is 2.12. The number of hydrogen-bond donors (Lipinski definition) is 1. The lowest BCUT2D eigenvalue weighted by molar-refractivity contribution is 0.122. The van der Waals surface area contributed by atoms with E-state index in [0.717, 1.165) is 49.3 Å². The van der Waals surface area contributed by atoms with Crippen molar-refractivity contribution in [3.05, 3.63) is 35.7 Å². The van der Waals surface area contributed by atoms with Gasteiger partial charge in [0.2, 0.25) is 0 Å². The fraction of sp³-hybridized carbons (Fsp3) is 0.429. The Morgan fingerprint density at radius 2 is 1.67 bits per heavy atom.